The molecule has 0 saturated carbocycles. The molecule has 0 unspecified atom stereocenters. The van der Waals surface area contributed by atoms with Crippen molar-refractivity contribution in [1.82, 2.24) is 5.32 Å². The summed E-state index contributed by atoms with van der Waals surface area (Å²) in [4.78, 5) is 22.9. The van der Waals surface area contributed by atoms with E-state index < -0.39 is 24.0 Å². The smallest absolute Gasteiger partial charge is 0.327 e. The number of aliphatic hydroxyl groups is 2. The highest BCUT2D eigenvalue weighted by molar-refractivity contribution is 7.99. The van der Waals surface area contributed by atoms with Gasteiger partial charge >= 0.3 is 5.97 Å². The number of nitrogens with one attached hydrogen (secondary N) is 1. The molecule has 2 atom stereocenters. The molecule has 0 bridgehead atoms. The van der Waals surface area contributed by atoms with Crippen LogP contribution in [0.4, 0.5) is 0 Å². The van der Waals surface area contributed by atoms with Gasteiger partial charge in [0.25, 0.3) is 0 Å². The molecule has 0 aliphatic rings. The van der Waals surface area contributed by atoms with Crippen LogP contribution in [0.5, 0.6) is 0 Å². The van der Waals surface area contributed by atoms with Crippen molar-refractivity contribution in [2.45, 2.75) is 24.9 Å². The fraction of sp³-hybridized carbons (Fsp3) is 0.833. The number of carbonyl (C=O) groups excluding carboxylic acids is 1. The van der Waals surface area contributed by atoms with Crippen molar-refractivity contribution in [3.8, 4) is 0 Å². The number of nitrogens with two attached hydrogens (primary N) is 1. The summed E-state index contributed by atoms with van der Waals surface area (Å²) >= 11 is 2.81. The van der Waals surface area contributed by atoms with Crippen LogP contribution < -0.4 is 11.1 Å². The lowest BCUT2D eigenvalue weighted by Crippen LogP contribution is -2.50. The molecule has 1 amide bonds. The molecule has 0 rings (SSSR count). The van der Waals surface area contributed by atoms with E-state index in [1.165, 1.54) is 23.5 Å². The Morgan fingerprint density at radius 2 is 1.57 bits per heavy atom. The lowest BCUT2D eigenvalue weighted by molar-refractivity contribution is -0.141. The van der Waals surface area contributed by atoms with Gasteiger partial charge in [-0.3, -0.25) is 4.79 Å². The van der Waals surface area contributed by atoms with Crippen LogP contribution in [0.2, 0.25) is 0 Å². The van der Waals surface area contributed by atoms with Gasteiger partial charge < -0.3 is 26.4 Å². The van der Waals surface area contributed by atoms with Gasteiger partial charge in [-0.05, 0) is 24.3 Å². The molecule has 0 aromatic rings. The second-order valence-corrected chi connectivity index (χ2v) is 6.61. The topological polar surface area (TPSA) is 133 Å². The van der Waals surface area contributed by atoms with Crippen molar-refractivity contribution in [1.29, 1.82) is 0 Å². The third-order valence-corrected chi connectivity index (χ3v) is 4.75. The molecule has 0 aromatic heterocycles. The van der Waals surface area contributed by atoms with Gasteiger partial charge in [0.15, 0.2) is 0 Å². The van der Waals surface area contributed by atoms with Gasteiger partial charge in [-0.2, -0.15) is 23.5 Å². The molecule has 0 aromatic carbocycles. The Morgan fingerprint density at radius 1 is 1.05 bits per heavy atom. The van der Waals surface area contributed by atoms with Crippen molar-refractivity contribution in [2.24, 2.45) is 5.73 Å². The number of carboxylic acid groups (broad SMARTS) is 1. The van der Waals surface area contributed by atoms with E-state index in [0.29, 0.717) is 30.1 Å². The number of rotatable bonds is 13. The van der Waals surface area contributed by atoms with Crippen LogP contribution in [0.1, 0.15) is 12.8 Å². The lowest BCUT2D eigenvalue weighted by Gasteiger charge is -2.17. The highest BCUT2D eigenvalue weighted by Gasteiger charge is 2.23. The van der Waals surface area contributed by atoms with E-state index in [1.807, 2.05) is 0 Å². The maximum absolute atomic E-state index is 11.8. The van der Waals surface area contributed by atoms with Gasteiger partial charge in [-0.1, -0.05) is 0 Å². The number of aliphatic hydroxyl groups excluding tert-OH is 2. The quantitative estimate of drug-likeness (QED) is 0.273. The molecule has 21 heavy (non-hydrogen) atoms. The predicted octanol–water partition coefficient (Wildman–Crippen LogP) is -0.886. The molecular formula is C12H24N2O5S2. The Kier molecular flexibility index (Phi) is 12.9. The van der Waals surface area contributed by atoms with Crippen molar-refractivity contribution in [3.05, 3.63) is 0 Å². The van der Waals surface area contributed by atoms with Crippen LogP contribution in [0.25, 0.3) is 0 Å². The van der Waals surface area contributed by atoms with E-state index in [9.17, 15) is 9.59 Å². The van der Waals surface area contributed by atoms with E-state index in [4.69, 9.17) is 21.1 Å². The van der Waals surface area contributed by atoms with Crippen LogP contribution in [0.3, 0.4) is 0 Å². The molecular weight excluding hydrogens is 316 g/mol. The standard InChI is InChI=1S/C12H24N2O5S2/c13-9(7-20-5-1-3-15)11(17)14-10(12(18)19)8-21-6-2-4-16/h9-10,15-16H,1-8,13H2,(H,14,17)(H,18,19)/t9-,10-/m0/s1. The van der Waals surface area contributed by atoms with Crippen molar-refractivity contribution >= 4 is 35.4 Å². The van der Waals surface area contributed by atoms with Crippen molar-refractivity contribution in [2.75, 3.05) is 36.2 Å². The number of hydrogen-bond acceptors (Lipinski definition) is 7. The molecule has 124 valence electrons. The first-order valence-electron chi connectivity index (χ1n) is 6.68. The largest absolute Gasteiger partial charge is 0.480 e. The Balaban J connectivity index is 4.05. The molecule has 9 heteroatoms. The number of thioether (sulfide) groups is 2. The van der Waals surface area contributed by atoms with E-state index >= 15 is 0 Å². The summed E-state index contributed by atoms with van der Waals surface area (Å²) in [7, 11) is 0. The van der Waals surface area contributed by atoms with Gasteiger partial charge in [0.1, 0.15) is 6.04 Å². The highest BCUT2D eigenvalue weighted by Crippen LogP contribution is 2.07. The monoisotopic (exact) mass is 340 g/mol. The highest BCUT2D eigenvalue weighted by atomic mass is 32.2. The fourth-order valence-electron chi connectivity index (χ4n) is 1.27. The zero-order chi connectivity index (χ0) is 16.1. The summed E-state index contributed by atoms with van der Waals surface area (Å²) in [5, 5.41) is 28.8. The average Bonchev–Trinajstić information content (AvgIpc) is 2.46. The zero-order valence-corrected chi connectivity index (χ0v) is 13.5. The first-order valence-corrected chi connectivity index (χ1v) is 8.99. The number of carbonyl (C=O) groups is 2. The summed E-state index contributed by atoms with van der Waals surface area (Å²) < 4.78 is 0. The maximum Gasteiger partial charge on any atom is 0.327 e. The van der Waals surface area contributed by atoms with Gasteiger partial charge in [-0.25, -0.2) is 4.79 Å². The molecule has 0 heterocycles. The summed E-state index contributed by atoms with van der Waals surface area (Å²) in [6.45, 7) is 0.160. The summed E-state index contributed by atoms with van der Waals surface area (Å²) in [6, 6.07) is -1.74. The van der Waals surface area contributed by atoms with Crippen LogP contribution >= 0.6 is 23.5 Å². The molecule has 0 spiro atoms. The van der Waals surface area contributed by atoms with Crippen molar-refractivity contribution < 1.29 is 24.9 Å². The summed E-state index contributed by atoms with van der Waals surface area (Å²) in [6.07, 6.45) is 1.23. The molecule has 0 radical (unpaired) electrons. The molecule has 0 fully saturated rings. The van der Waals surface area contributed by atoms with Crippen LogP contribution in [0.15, 0.2) is 0 Å². The first-order chi connectivity index (χ1) is 10.0. The van der Waals surface area contributed by atoms with E-state index in [0.717, 1.165) is 0 Å². The first kappa shape index (κ1) is 20.5. The van der Waals surface area contributed by atoms with Crippen molar-refractivity contribution in [3.63, 3.8) is 0 Å². The Hall–Kier alpha value is -0.480. The molecule has 0 aliphatic carbocycles. The van der Waals surface area contributed by atoms with E-state index in [1.54, 1.807) is 0 Å². The number of aliphatic carboxylic acids is 1. The van der Waals surface area contributed by atoms with E-state index in [-0.39, 0.29) is 19.0 Å². The molecule has 0 aliphatic heterocycles. The predicted molar refractivity (Wildman–Crippen MR) is 85.6 cm³/mol. The third-order valence-electron chi connectivity index (χ3n) is 2.43. The van der Waals surface area contributed by atoms with E-state index in [2.05, 4.69) is 5.32 Å². The van der Waals surface area contributed by atoms with Gasteiger partial charge in [-0.15, -0.1) is 0 Å². The van der Waals surface area contributed by atoms with Gasteiger partial charge in [0.2, 0.25) is 5.91 Å². The second kappa shape index (κ2) is 13.2. The number of amides is 1. The minimum absolute atomic E-state index is 0.0625. The maximum atomic E-state index is 11.8. The molecule has 0 saturated heterocycles. The Morgan fingerprint density at radius 3 is 2.05 bits per heavy atom. The lowest BCUT2D eigenvalue weighted by atomic mass is 10.3. The van der Waals surface area contributed by atoms with Crippen LogP contribution in [-0.4, -0.2) is 75.5 Å². The second-order valence-electron chi connectivity index (χ2n) is 4.31. The number of carboxylic acids is 1. The van der Waals surface area contributed by atoms with Crippen LogP contribution in [0, 0.1) is 0 Å². The minimum Gasteiger partial charge on any atom is -0.480 e. The summed E-state index contributed by atoms with van der Waals surface area (Å²) in [5.41, 5.74) is 5.70. The fourth-order valence-corrected chi connectivity index (χ4v) is 3.14. The third kappa shape index (κ3) is 10.8. The average molecular weight is 340 g/mol. The normalized spacial score (nSPS) is 13.7. The summed E-state index contributed by atoms with van der Waals surface area (Å²) in [5.74, 6) is 0.388. The van der Waals surface area contributed by atoms with Gasteiger partial charge in [0, 0.05) is 24.7 Å². The van der Waals surface area contributed by atoms with Crippen LogP contribution in [-0.2, 0) is 9.59 Å². The zero-order valence-electron chi connectivity index (χ0n) is 11.9. The molecule has 7 nitrogen and oxygen atoms in total. The molecule has 6 N–H and O–H groups in total. The number of hydrogen-bond donors (Lipinski definition) is 5. The minimum atomic E-state index is -1.10. The SMILES string of the molecule is N[C@@H](CSCCCO)C(=O)N[C@@H](CSCCCO)C(=O)O. The Bertz CT molecular complexity index is 307. The Labute approximate surface area is 133 Å². The van der Waals surface area contributed by atoms with Gasteiger partial charge in [0.05, 0.1) is 6.04 Å².